The first-order valence-electron chi connectivity index (χ1n) is 6.39. The first-order valence-corrected chi connectivity index (χ1v) is 6.39. The van der Waals surface area contributed by atoms with Gasteiger partial charge in [0.2, 0.25) is 0 Å². The summed E-state index contributed by atoms with van der Waals surface area (Å²) in [4.78, 5) is 0. The highest BCUT2D eigenvalue weighted by Crippen LogP contribution is 2.23. The Morgan fingerprint density at radius 1 is 1.24 bits per heavy atom. The fraction of sp³-hybridized carbons (Fsp3) is 0.571. The molecule has 3 heteroatoms. The highest BCUT2D eigenvalue weighted by molar-refractivity contribution is 5.35. The van der Waals surface area contributed by atoms with Crippen LogP contribution >= 0.6 is 0 Å². The molecule has 96 valence electrons. The average Bonchev–Trinajstić information content (AvgIpc) is 2.32. The number of ether oxygens (including phenoxy) is 1. The smallest absolute Gasteiger partial charge is 0.165 e. The van der Waals surface area contributed by atoms with E-state index < -0.39 is 0 Å². The van der Waals surface area contributed by atoms with Crippen LogP contribution in [0.3, 0.4) is 0 Å². The second kappa shape index (κ2) is 8.07. The summed E-state index contributed by atoms with van der Waals surface area (Å²) in [5, 5.41) is 0. The Hall–Kier alpha value is -1.09. The van der Waals surface area contributed by atoms with Crippen molar-refractivity contribution in [3.63, 3.8) is 0 Å². The van der Waals surface area contributed by atoms with Gasteiger partial charge in [0.25, 0.3) is 0 Å². The molecule has 0 aliphatic rings. The van der Waals surface area contributed by atoms with Gasteiger partial charge in [0, 0.05) is 0 Å². The van der Waals surface area contributed by atoms with Crippen molar-refractivity contribution >= 4 is 0 Å². The number of nitrogens with two attached hydrogens (primary N) is 1. The predicted molar refractivity (Wildman–Crippen MR) is 68.8 cm³/mol. The molecule has 1 aromatic carbocycles. The van der Waals surface area contributed by atoms with Crippen molar-refractivity contribution in [3.8, 4) is 5.75 Å². The summed E-state index contributed by atoms with van der Waals surface area (Å²) in [5.74, 6) is 0.0980. The number of rotatable bonds is 8. The molecule has 0 unspecified atom stereocenters. The number of para-hydroxylation sites is 1. The van der Waals surface area contributed by atoms with Gasteiger partial charge in [0.15, 0.2) is 11.6 Å². The maximum absolute atomic E-state index is 13.6. The first-order chi connectivity index (χ1) is 8.29. The third-order valence-electron chi connectivity index (χ3n) is 2.71. The van der Waals surface area contributed by atoms with Gasteiger partial charge in [0.05, 0.1) is 6.61 Å². The largest absolute Gasteiger partial charge is 0.490 e. The van der Waals surface area contributed by atoms with Gasteiger partial charge >= 0.3 is 0 Å². The zero-order valence-corrected chi connectivity index (χ0v) is 10.5. The number of unbranched alkanes of at least 4 members (excludes halogenated alkanes) is 3. The molecule has 0 aliphatic carbocycles. The van der Waals surface area contributed by atoms with E-state index in [1.54, 1.807) is 6.07 Å². The molecule has 0 saturated heterocycles. The topological polar surface area (TPSA) is 35.2 Å². The zero-order chi connectivity index (χ0) is 12.5. The molecule has 0 radical (unpaired) electrons. The molecule has 17 heavy (non-hydrogen) atoms. The number of halogens is 1. The van der Waals surface area contributed by atoms with Crippen LogP contribution in [0.4, 0.5) is 4.39 Å². The van der Waals surface area contributed by atoms with Gasteiger partial charge in [0.1, 0.15) is 0 Å². The highest BCUT2D eigenvalue weighted by Gasteiger charge is 2.08. The quantitative estimate of drug-likeness (QED) is 0.706. The Kier molecular flexibility index (Phi) is 6.63. The van der Waals surface area contributed by atoms with Crippen LogP contribution in [0.1, 0.15) is 38.2 Å². The first kappa shape index (κ1) is 14.0. The number of hydrogen-bond donors (Lipinski definition) is 1. The van der Waals surface area contributed by atoms with Crippen LogP contribution < -0.4 is 10.5 Å². The van der Waals surface area contributed by atoms with Crippen LogP contribution in [0.25, 0.3) is 0 Å². The fourth-order valence-corrected chi connectivity index (χ4v) is 1.77. The molecule has 0 aliphatic heterocycles. The molecule has 0 heterocycles. The molecule has 0 atom stereocenters. The summed E-state index contributed by atoms with van der Waals surface area (Å²) in [6.07, 6.45) is 5.16. The Morgan fingerprint density at radius 2 is 2.06 bits per heavy atom. The Labute approximate surface area is 103 Å². The van der Waals surface area contributed by atoms with Crippen LogP contribution in [0.15, 0.2) is 18.2 Å². The molecule has 0 spiro atoms. The maximum Gasteiger partial charge on any atom is 0.165 e. The van der Waals surface area contributed by atoms with Crippen molar-refractivity contribution in [2.45, 2.75) is 39.0 Å². The van der Waals surface area contributed by atoms with Crippen molar-refractivity contribution in [2.24, 2.45) is 5.73 Å². The van der Waals surface area contributed by atoms with E-state index in [0.29, 0.717) is 25.3 Å². The Bertz CT molecular complexity index is 328. The maximum atomic E-state index is 13.6. The van der Waals surface area contributed by atoms with Crippen molar-refractivity contribution in [1.29, 1.82) is 0 Å². The van der Waals surface area contributed by atoms with E-state index in [-0.39, 0.29) is 5.82 Å². The Balaban J connectivity index is 2.50. The van der Waals surface area contributed by atoms with E-state index in [4.69, 9.17) is 10.5 Å². The molecule has 0 saturated carbocycles. The summed E-state index contributed by atoms with van der Waals surface area (Å²) in [5.41, 5.74) is 6.36. The normalized spacial score (nSPS) is 10.5. The van der Waals surface area contributed by atoms with Gasteiger partial charge in [-0.3, -0.25) is 0 Å². The van der Waals surface area contributed by atoms with Gasteiger partial charge in [-0.05, 0) is 31.0 Å². The zero-order valence-electron chi connectivity index (χ0n) is 10.5. The lowest BCUT2D eigenvalue weighted by atomic mass is 10.1. The minimum Gasteiger partial charge on any atom is -0.490 e. The SMILES string of the molecule is CCCCCCOc1c(F)cccc1CCN. The molecular formula is C14H22FNO. The second-order valence-electron chi connectivity index (χ2n) is 4.18. The van der Waals surface area contributed by atoms with Gasteiger partial charge in [-0.15, -0.1) is 0 Å². The number of hydrogen-bond acceptors (Lipinski definition) is 2. The standard InChI is InChI=1S/C14H22FNO/c1-2-3-4-5-11-17-14-12(9-10-16)7-6-8-13(14)15/h6-8H,2-5,9-11,16H2,1H3. The van der Waals surface area contributed by atoms with E-state index >= 15 is 0 Å². The number of benzene rings is 1. The molecule has 1 rings (SSSR count). The monoisotopic (exact) mass is 239 g/mol. The minimum atomic E-state index is -0.286. The van der Waals surface area contributed by atoms with Crippen LogP contribution in [0.5, 0.6) is 5.75 Å². The van der Waals surface area contributed by atoms with Crippen LogP contribution in [-0.2, 0) is 6.42 Å². The van der Waals surface area contributed by atoms with Gasteiger partial charge in [-0.2, -0.15) is 0 Å². The van der Waals surface area contributed by atoms with Crippen molar-refractivity contribution in [1.82, 2.24) is 0 Å². The van der Waals surface area contributed by atoms with Crippen molar-refractivity contribution in [3.05, 3.63) is 29.6 Å². The minimum absolute atomic E-state index is 0.286. The van der Waals surface area contributed by atoms with E-state index in [9.17, 15) is 4.39 Å². The molecule has 0 bridgehead atoms. The molecule has 0 aromatic heterocycles. The van der Waals surface area contributed by atoms with Gasteiger partial charge in [-0.25, -0.2) is 4.39 Å². The van der Waals surface area contributed by atoms with Gasteiger partial charge in [-0.1, -0.05) is 38.3 Å². The van der Waals surface area contributed by atoms with Crippen LogP contribution in [0.2, 0.25) is 0 Å². The molecule has 2 N–H and O–H groups in total. The second-order valence-corrected chi connectivity index (χ2v) is 4.18. The predicted octanol–water partition coefficient (Wildman–Crippen LogP) is 3.29. The molecule has 0 fully saturated rings. The summed E-state index contributed by atoms with van der Waals surface area (Å²) >= 11 is 0. The average molecular weight is 239 g/mol. The van der Waals surface area contributed by atoms with E-state index in [1.165, 1.54) is 18.9 Å². The Morgan fingerprint density at radius 3 is 2.76 bits per heavy atom. The summed E-state index contributed by atoms with van der Waals surface area (Å²) in [6.45, 7) is 3.26. The molecule has 1 aromatic rings. The van der Waals surface area contributed by atoms with Crippen LogP contribution in [-0.4, -0.2) is 13.2 Å². The van der Waals surface area contributed by atoms with Crippen molar-refractivity contribution in [2.75, 3.05) is 13.2 Å². The summed E-state index contributed by atoms with van der Waals surface area (Å²) < 4.78 is 19.1. The van der Waals surface area contributed by atoms with E-state index in [2.05, 4.69) is 6.92 Å². The lowest BCUT2D eigenvalue weighted by Gasteiger charge is -2.11. The van der Waals surface area contributed by atoms with Crippen molar-refractivity contribution < 1.29 is 9.13 Å². The third-order valence-corrected chi connectivity index (χ3v) is 2.71. The van der Waals surface area contributed by atoms with E-state index in [0.717, 1.165) is 18.4 Å². The molecular weight excluding hydrogens is 217 g/mol. The molecule has 0 amide bonds. The summed E-state index contributed by atoms with van der Waals surface area (Å²) in [6, 6.07) is 5.00. The van der Waals surface area contributed by atoms with Crippen LogP contribution in [0, 0.1) is 5.82 Å². The fourth-order valence-electron chi connectivity index (χ4n) is 1.77. The molecule has 2 nitrogen and oxygen atoms in total. The summed E-state index contributed by atoms with van der Waals surface area (Å²) in [7, 11) is 0. The lowest BCUT2D eigenvalue weighted by Crippen LogP contribution is -2.07. The highest BCUT2D eigenvalue weighted by atomic mass is 19.1. The van der Waals surface area contributed by atoms with Gasteiger partial charge < -0.3 is 10.5 Å². The van der Waals surface area contributed by atoms with E-state index in [1.807, 2.05) is 6.07 Å². The third kappa shape index (κ3) is 4.73. The lowest BCUT2D eigenvalue weighted by molar-refractivity contribution is 0.287.